The van der Waals surface area contributed by atoms with Crippen molar-refractivity contribution in [2.45, 2.75) is 26.3 Å². The highest BCUT2D eigenvalue weighted by molar-refractivity contribution is 7.17. The molecule has 0 atom stereocenters. The van der Waals surface area contributed by atoms with Crippen LogP contribution in [-0.4, -0.2) is 45.6 Å². The first-order chi connectivity index (χ1) is 17.9. The summed E-state index contributed by atoms with van der Waals surface area (Å²) in [6.45, 7) is 5.36. The first-order valence-electron chi connectivity index (χ1n) is 12.1. The molecule has 2 fully saturated rings. The zero-order chi connectivity index (χ0) is 25.6. The van der Waals surface area contributed by atoms with E-state index in [9.17, 15) is 13.6 Å². The highest BCUT2D eigenvalue weighted by atomic mass is 32.1. The van der Waals surface area contributed by atoms with Gasteiger partial charge in [0, 0.05) is 37.3 Å². The van der Waals surface area contributed by atoms with Crippen LogP contribution < -0.4 is 15.3 Å². The highest BCUT2D eigenvalue weighted by Gasteiger charge is 2.45. The monoisotopic (exact) mass is 525 g/mol. The molecule has 8 nitrogen and oxygen atoms in total. The molecular weight excluding hydrogens is 500 g/mol. The average molecular weight is 526 g/mol. The molecule has 1 spiro atoms. The van der Waals surface area contributed by atoms with Gasteiger partial charge >= 0.3 is 5.69 Å². The summed E-state index contributed by atoms with van der Waals surface area (Å²) in [5, 5.41) is 5.79. The van der Waals surface area contributed by atoms with Crippen LogP contribution in [0.5, 0.6) is 10.8 Å². The summed E-state index contributed by atoms with van der Waals surface area (Å²) in [4.78, 5) is 19.8. The van der Waals surface area contributed by atoms with Gasteiger partial charge in [0.25, 0.3) is 0 Å². The quantitative estimate of drug-likeness (QED) is 0.368. The van der Waals surface area contributed by atoms with Gasteiger partial charge in [-0.05, 0) is 56.2 Å². The number of hydrogen-bond donors (Lipinski definition) is 0. The van der Waals surface area contributed by atoms with Crippen LogP contribution in [0.2, 0.25) is 0 Å². The molecule has 0 N–H and O–H groups in total. The Labute approximate surface area is 215 Å². The topological polar surface area (TPSA) is 74.4 Å². The lowest BCUT2D eigenvalue weighted by Gasteiger charge is -2.52. The Balaban J connectivity index is 1.13. The van der Waals surface area contributed by atoms with Crippen molar-refractivity contribution < 1.29 is 18.3 Å². The molecule has 11 heteroatoms. The normalized spacial score (nSPS) is 16.7. The van der Waals surface area contributed by atoms with Crippen molar-refractivity contribution in [1.82, 2.24) is 19.3 Å². The summed E-state index contributed by atoms with van der Waals surface area (Å²) < 4.78 is 41.9. The Morgan fingerprint density at radius 3 is 2.49 bits per heavy atom. The second-order valence-corrected chi connectivity index (χ2v) is 10.5. The molecule has 192 valence electrons. The minimum atomic E-state index is -0.708. The van der Waals surface area contributed by atoms with Crippen LogP contribution in [0.15, 0.2) is 53.6 Å². The zero-order valence-electron chi connectivity index (χ0n) is 20.2. The molecule has 2 aliphatic heterocycles. The van der Waals surface area contributed by atoms with E-state index >= 15 is 0 Å². The van der Waals surface area contributed by atoms with Crippen LogP contribution in [0.1, 0.15) is 24.1 Å². The molecule has 2 aliphatic rings. The second kappa shape index (κ2) is 9.38. The number of rotatable bonds is 6. The SMILES string of the molecule is Cc1nc(N2CC3(CCOCC3)C2)sc1Oc1ccc(-n2ncn(Cc3c(F)cccc3F)c2=O)cc1. The fourth-order valence-electron chi connectivity index (χ4n) is 4.85. The molecule has 2 aromatic carbocycles. The smallest absolute Gasteiger partial charge is 0.350 e. The molecule has 0 radical (unpaired) electrons. The maximum atomic E-state index is 14.0. The predicted octanol–water partition coefficient (Wildman–Crippen LogP) is 4.53. The number of aryl methyl sites for hydroxylation is 1. The molecular formula is C26H25F2N5O3S. The number of anilines is 1. The van der Waals surface area contributed by atoms with Crippen molar-refractivity contribution >= 4 is 16.5 Å². The lowest BCUT2D eigenvalue weighted by molar-refractivity contribution is -0.000210. The Morgan fingerprint density at radius 1 is 1.08 bits per heavy atom. The van der Waals surface area contributed by atoms with E-state index < -0.39 is 17.3 Å². The number of benzene rings is 2. The molecule has 0 unspecified atom stereocenters. The first-order valence-corrected chi connectivity index (χ1v) is 12.9. The van der Waals surface area contributed by atoms with Gasteiger partial charge in [-0.3, -0.25) is 4.57 Å². The molecule has 4 aromatic rings. The fraction of sp³-hybridized carbons (Fsp3) is 0.346. The molecule has 0 aliphatic carbocycles. The maximum Gasteiger partial charge on any atom is 0.350 e. The maximum absolute atomic E-state index is 14.0. The summed E-state index contributed by atoms with van der Waals surface area (Å²) in [5.74, 6) is -0.813. The van der Waals surface area contributed by atoms with Gasteiger partial charge in [-0.1, -0.05) is 17.4 Å². The minimum absolute atomic E-state index is 0.187. The van der Waals surface area contributed by atoms with Crippen molar-refractivity contribution in [3.8, 4) is 16.5 Å². The Kier molecular flexibility index (Phi) is 6.04. The van der Waals surface area contributed by atoms with Crippen LogP contribution in [0.4, 0.5) is 13.9 Å². The van der Waals surface area contributed by atoms with Crippen LogP contribution in [0.3, 0.4) is 0 Å². The molecule has 6 rings (SSSR count). The van der Waals surface area contributed by atoms with Crippen molar-refractivity contribution in [3.05, 3.63) is 82.2 Å². The third-order valence-electron chi connectivity index (χ3n) is 7.03. The van der Waals surface area contributed by atoms with E-state index in [1.807, 2.05) is 6.92 Å². The van der Waals surface area contributed by atoms with Crippen molar-refractivity contribution in [1.29, 1.82) is 0 Å². The van der Waals surface area contributed by atoms with Gasteiger partial charge in [0.05, 0.1) is 17.9 Å². The third-order valence-corrected chi connectivity index (χ3v) is 8.13. The van der Waals surface area contributed by atoms with Gasteiger partial charge in [0.1, 0.15) is 23.7 Å². The number of nitrogens with zero attached hydrogens (tertiary/aromatic N) is 5. The van der Waals surface area contributed by atoms with Gasteiger partial charge in [-0.25, -0.2) is 18.6 Å². The van der Waals surface area contributed by atoms with Gasteiger partial charge < -0.3 is 14.4 Å². The van der Waals surface area contributed by atoms with Gasteiger partial charge in [-0.2, -0.15) is 9.78 Å². The van der Waals surface area contributed by atoms with E-state index in [0.717, 1.165) is 71.7 Å². The number of thiazole rings is 1. The molecule has 2 saturated heterocycles. The molecule has 37 heavy (non-hydrogen) atoms. The summed E-state index contributed by atoms with van der Waals surface area (Å²) >= 11 is 1.52. The number of halogens is 2. The number of ether oxygens (including phenoxy) is 2. The molecule has 0 amide bonds. The van der Waals surface area contributed by atoms with Crippen molar-refractivity contribution in [3.63, 3.8) is 0 Å². The Morgan fingerprint density at radius 2 is 1.78 bits per heavy atom. The first kappa shape index (κ1) is 23.8. The zero-order valence-corrected chi connectivity index (χ0v) is 21.0. The standard InChI is InChI=1S/C26H25F2N5O3S/c1-17-23(37-24(30-17)32-14-26(15-32)9-11-35-12-10-26)36-19-7-5-18(6-8-19)33-25(34)31(16-29-33)13-20-21(27)3-2-4-22(20)28/h2-8,16H,9-15H2,1H3. The van der Waals surface area contributed by atoms with Crippen LogP contribution in [-0.2, 0) is 11.3 Å². The number of hydrogen-bond acceptors (Lipinski definition) is 7. The fourth-order valence-corrected chi connectivity index (χ4v) is 5.79. The Bertz CT molecular complexity index is 1460. The van der Waals surface area contributed by atoms with E-state index in [-0.39, 0.29) is 12.1 Å². The van der Waals surface area contributed by atoms with E-state index in [4.69, 9.17) is 14.5 Å². The molecule has 2 aromatic heterocycles. The van der Waals surface area contributed by atoms with Crippen LogP contribution in [0.25, 0.3) is 5.69 Å². The van der Waals surface area contributed by atoms with Gasteiger partial charge in [-0.15, -0.1) is 0 Å². The molecule has 0 bridgehead atoms. The summed E-state index contributed by atoms with van der Waals surface area (Å²) in [6.07, 6.45) is 3.47. The van der Waals surface area contributed by atoms with Crippen LogP contribution in [0, 0.1) is 24.0 Å². The second-order valence-electron chi connectivity index (χ2n) is 9.59. The average Bonchev–Trinajstić information content (AvgIpc) is 3.42. The highest BCUT2D eigenvalue weighted by Crippen LogP contribution is 2.45. The van der Waals surface area contributed by atoms with E-state index in [1.54, 1.807) is 24.3 Å². The predicted molar refractivity (Wildman–Crippen MR) is 135 cm³/mol. The van der Waals surface area contributed by atoms with Crippen molar-refractivity contribution in [2.24, 2.45) is 5.41 Å². The van der Waals surface area contributed by atoms with E-state index in [0.29, 0.717) is 16.9 Å². The van der Waals surface area contributed by atoms with Gasteiger partial charge in [0.2, 0.25) is 5.06 Å². The lowest BCUT2D eigenvalue weighted by Crippen LogP contribution is -2.58. The van der Waals surface area contributed by atoms with Crippen molar-refractivity contribution in [2.75, 3.05) is 31.2 Å². The lowest BCUT2D eigenvalue weighted by atomic mass is 9.74. The minimum Gasteiger partial charge on any atom is -0.445 e. The molecule has 0 saturated carbocycles. The van der Waals surface area contributed by atoms with E-state index in [1.165, 1.54) is 28.4 Å². The summed E-state index contributed by atoms with van der Waals surface area (Å²) in [6, 6.07) is 10.5. The summed E-state index contributed by atoms with van der Waals surface area (Å²) in [7, 11) is 0. The van der Waals surface area contributed by atoms with Gasteiger partial charge in [0.15, 0.2) is 5.13 Å². The van der Waals surface area contributed by atoms with E-state index in [2.05, 4.69) is 10.00 Å². The summed E-state index contributed by atoms with van der Waals surface area (Å²) in [5.41, 5.74) is 1.01. The largest absolute Gasteiger partial charge is 0.445 e. The number of aromatic nitrogens is 4. The third kappa shape index (κ3) is 4.53. The molecule has 4 heterocycles. The van der Waals surface area contributed by atoms with Crippen LogP contribution >= 0.6 is 11.3 Å². The Hall–Kier alpha value is -3.57.